The van der Waals surface area contributed by atoms with Crippen LogP contribution in [0.25, 0.3) is 0 Å². The van der Waals surface area contributed by atoms with Crippen molar-refractivity contribution < 1.29 is 8.42 Å². The monoisotopic (exact) mass is 360 g/mol. The predicted molar refractivity (Wildman–Crippen MR) is 85.5 cm³/mol. The molecule has 112 valence electrons. The minimum Gasteiger partial charge on any atom is -0.312 e. The highest BCUT2D eigenvalue weighted by atomic mass is 79.9. The third-order valence-electron chi connectivity index (χ3n) is 3.52. The molecule has 1 heterocycles. The zero-order valence-electron chi connectivity index (χ0n) is 11.7. The van der Waals surface area contributed by atoms with Gasteiger partial charge in [-0.05, 0) is 31.2 Å². The molecular weight excluding hydrogens is 340 g/mol. The van der Waals surface area contributed by atoms with Crippen LogP contribution in [0.4, 0.5) is 0 Å². The summed E-state index contributed by atoms with van der Waals surface area (Å²) in [7, 11) is -0.701. The zero-order valence-corrected chi connectivity index (χ0v) is 14.1. The van der Waals surface area contributed by atoms with E-state index >= 15 is 0 Å². The van der Waals surface area contributed by atoms with Gasteiger partial charge < -0.3 is 10.2 Å². The number of nitrogens with zero attached hydrogens (tertiary/aromatic N) is 1. The van der Waals surface area contributed by atoms with Crippen molar-refractivity contribution >= 4 is 25.8 Å². The van der Waals surface area contributed by atoms with E-state index in [1.807, 2.05) is 12.1 Å². The van der Waals surface area contributed by atoms with E-state index in [2.05, 4.69) is 45.3 Å². The fraction of sp³-hybridized carbons (Fsp3) is 0.571. The number of nitrogens with one attached hydrogen (secondary N) is 1. The fourth-order valence-corrected chi connectivity index (χ4v) is 4.37. The van der Waals surface area contributed by atoms with E-state index in [1.54, 1.807) is 0 Å². The van der Waals surface area contributed by atoms with Crippen LogP contribution in [0.1, 0.15) is 12.0 Å². The molecule has 4 nitrogen and oxygen atoms in total. The van der Waals surface area contributed by atoms with Crippen molar-refractivity contribution in [1.29, 1.82) is 0 Å². The van der Waals surface area contributed by atoms with Crippen LogP contribution in [0.5, 0.6) is 0 Å². The molecule has 0 amide bonds. The van der Waals surface area contributed by atoms with E-state index in [0.717, 1.165) is 30.5 Å². The fourth-order valence-electron chi connectivity index (χ4n) is 2.40. The van der Waals surface area contributed by atoms with Gasteiger partial charge in [0.1, 0.15) is 0 Å². The average Bonchev–Trinajstić information content (AvgIpc) is 2.72. The molecule has 1 aliphatic heterocycles. The lowest BCUT2D eigenvalue weighted by molar-refractivity contribution is 0.318. The van der Waals surface area contributed by atoms with Crippen molar-refractivity contribution in [3.63, 3.8) is 0 Å². The van der Waals surface area contributed by atoms with Gasteiger partial charge in [-0.15, -0.1) is 0 Å². The Balaban J connectivity index is 1.68. The number of hydrogen-bond donors (Lipinski definition) is 1. The van der Waals surface area contributed by atoms with E-state index in [1.165, 1.54) is 5.56 Å². The molecule has 0 spiro atoms. The summed E-state index contributed by atoms with van der Waals surface area (Å²) in [5, 5.41) is 3.33. The van der Waals surface area contributed by atoms with Gasteiger partial charge in [0.05, 0.1) is 11.5 Å². The van der Waals surface area contributed by atoms with E-state index < -0.39 is 9.84 Å². The molecule has 1 fully saturated rings. The second kappa shape index (κ2) is 7.02. The second-order valence-electron chi connectivity index (χ2n) is 5.42. The van der Waals surface area contributed by atoms with E-state index in [0.29, 0.717) is 11.5 Å². The minimum atomic E-state index is -2.78. The summed E-state index contributed by atoms with van der Waals surface area (Å²) in [6.45, 7) is 2.64. The Morgan fingerprint density at radius 2 is 2.05 bits per heavy atom. The molecule has 1 unspecified atom stereocenters. The first-order valence-electron chi connectivity index (χ1n) is 6.81. The van der Waals surface area contributed by atoms with Crippen LogP contribution in [-0.2, 0) is 16.4 Å². The topological polar surface area (TPSA) is 49.4 Å². The molecule has 1 aromatic rings. The molecule has 0 aliphatic carbocycles. The van der Waals surface area contributed by atoms with Gasteiger partial charge in [0.25, 0.3) is 0 Å². The van der Waals surface area contributed by atoms with Gasteiger partial charge in [-0.25, -0.2) is 8.42 Å². The van der Waals surface area contributed by atoms with E-state index in [9.17, 15) is 8.42 Å². The summed E-state index contributed by atoms with van der Waals surface area (Å²) in [6, 6.07) is 8.45. The lowest BCUT2D eigenvalue weighted by Crippen LogP contribution is -2.36. The Morgan fingerprint density at radius 3 is 2.65 bits per heavy atom. The molecule has 0 radical (unpaired) electrons. The summed E-state index contributed by atoms with van der Waals surface area (Å²) in [5.41, 5.74) is 1.28. The largest absolute Gasteiger partial charge is 0.312 e. The van der Waals surface area contributed by atoms with Crippen molar-refractivity contribution in [2.45, 2.75) is 19.0 Å². The van der Waals surface area contributed by atoms with Crippen LogP contribution < -0.4 is 5.32 Å². The molecule has 1 saturated heterocycles. The van der Waals surface area contributed by atoms with Gasteiger partial charge in [0, 0.05) is 30.1 Å². The summed E-state index contributed by atoms with van der Waals surface area (Å²) >= 11 is 3.43. The number of halogens is 1. The van der Waals surface area contributed by atoms with Crippen molar-refractivity contribution in [3.8, 4) is 0 Å². The SMILES string of the molecule is CN(CCNC1CCS(=O)(=O)C1)Cc1ccc(Br)cc1. The summed E-state index contributed by atoms with van der Waals surface area (Å²) in [6.07, 6.45) is 0.749. The lowest BCUT2D eigenvalue weighted by atomic mass is 10.2. The Hall–Kier alpha value is -0.430. The Bertz CT molecular complexity index is 531. The average molecular weight is 361 g/mol. The number of rotatable bonds is 6. The molecule has 0 saturated carbocycles. The predicted octanol–water partition coefficient (Wildman–Crippen LogP) is 1.66. The normalized spacial score (nSPS) is 21.4. The van der Waals surface area contributed by atoms with Crippen molar-refractivity contribution in [2.75, 3.05) is 31.6 Å². The summed E-state index contributed by atoms with van der Waals surface area (Å²) in [5.74, 6) is 0.628. The maximum atomic E-state index is 11.4. The van der Waals surface area contributed by atoms with E-state index in [4.69, 9.17) is 0 Å². The number of hydrogen-bond acceptors (Lipinski definition) is 4. The number of sulfone groups is 1. The maximum absolute atomic E-state index is 11.4. The number of likely N-dealkylation sites (N-methyl/N-ethyl adjacent to an activating group) is 1. The highest BCUT2D eigenvalue weighted by molar-refractivity contribution is 9.10. The standard InChI is InChI=1S/C14H21BrN2O2S/c1-17(10-12-2-4-13(15)5-3-12)8-7-16-14-6-9-20(18,19)11-14/h2-5,14,16H,6-11H2,1H3. The number of benzene rings is 1. The second-order valence-corrected chi connectivity index (χ2v) is 8.56. The molecular formula is C14H21BrN2O2S. The maximum Gasteiger partial charge on any atom is 0.151 e. The van der Waals surface area contributed by atoms with Crippen molar-refractivity contribution in [2.24, 2.45) is 0 Å². The van der Waals surface area contributed by atoms with Crippen molar-refractivity contribution in [1.82, 2.24) is 10.2 Å². The molecule has 2 rings (SSSR count). The Labute approximate surface area is 129 Å². The minimum absolute atomic E-state index is 0.140. The van der Waals surface area contributed by atoms with Crippen LogP contribution in [-0.4, -0.2) is 51.0 Å². The molecule has 20 heavy (non-hydrogen) atoms. The van der Waals surface area contributed by atoms with Gasteiger partial charge >= 0.3 is 0 Å². The first-order valence-corrected chi connectivity index (χ1v) is 9.43. The van der Waals surface area contributed by atoms with Crippen molar-refractivity contribution in [3.05, 3.63) is 34.3 Å². The van der Waals surface area contributed by atoms with Gasteiger partial charge in [-0.2, -0.15) is 0 Å². The van der Waals surface area contributed by atoms with E-state index in [-0.39, 0.29) is 6.04 Å². The molecule has 1 aromatic carbocycles. The van der Waals surface area contributed by atoms with Crippen LogP contribution in [0.3, 0.4) is 0 Å². The highest BCUT2D eigenvalue weighted by Gasteiger charge is 2.27. The molecule has 0 bridgehead atoms. The Kier molecular flexibility index (Phi) is 5.60. The first-order chi connectivity index (χ1) is 9.44. The summed E-state index contributed by atoms with van der Waals surface area (Å²) < 4.78 is 23.8. The third kappa shape index (κ3) is 5.16. The Morgan fingerprint density at radius 1 is 1.35 bits per heavy atom. The van der Waals surface area contributed by atoms with Crippen LogP contribution in [0, 0.1) is 0 Å². The van der Waals surface area contributed by atoms with Crippen LogP contribution in [0.15, 0.2) is 28.7 Å². The zero-order chi connectivity index (χ0) is 14.6. The first kappa shape index (κ1) is 15.9. The van der Waals surface area contributed by atoms with Gasteiger partial charge in [0.2, 0.25) is 0 Å². The third-order valence-corrected chi connectivity index (χ3v) is 5.82. The van der Waals surface area contributed by atoms with Gasteiger partial charge in [-0.1, -0.05) is 28.1 Å². The highest BCUT2D eigenvalue weighted by Crippen LogP contribution is 2.12. The van der Waals surface area contributed by atoms with Gasteiger partial charge in [-0.3, -0.25) is 0 Å². The molecule has 1 N–H and O–H groups in total. The molecule has 1 aliphatic rings. The van der Waals surface area contributed by atoms with Crippen LogP contribution in [0.2, 0.25) is 0 Å². The lowest BCUT2D eigenvalue weighted by Gasteiger charge is -2.18. The molecule has 1 atom stereocenters. The summed E-state index contributed by atoms with van der Waals surface area (Å²) in [4.78, 5) is 2.24. The molecule has 6 heteroatoms. The quantitative estimate of drug-likeness (QED) is 0.837. The molecule has 0 aromatic heterocycles. The van der Waals surface area contributed by atoms with Gasteiger partial charge in [0.15, 0.2) is 9.84 Å². The van der Waals surface area contributed by atoms with Crippen LogP contribution >= 0.6 is 15.9 Å². The smallest absolute Gasteiger partial charge is 0.151 e.